The number of pyridine rings is 1. The summed E-state index contributed by atoms with van der Waals surface area (Å²) in [6.07, 6.45) is 0. The highest BCUT2D eigenvalue weighted by Gasteiger charge is 2.17. The Morgan fingerprint density at radius 1 is 1.30 bits per heavy atom. The largest absolute Gasteiger partial charge is 0.432 e. The molecule has 0 fully saturated rings. The molecule has 2 aromatic heterocycles. The summed E-state index contributed by atoms with van der Waals surface area (Å²) in [5.41, 5.74) is 1.35. The van der Waals surface area contributed by atoms with E-state index < -0.39 is 11.6 Å². The van der Waals surface area contributed by atoms with Crippen LogP contribution >= 0.6 is 0 Å². The highest BCUT2D eigenvalue weighted by Crippen LogP contribution is 2.30. The van der Waals surface area contributed by atoms with Gasteiger partial charge in [0.15, 0.2) is 23.2 Å². The van der Waals surface area contributed by atoms with Gasteiger partial charge in [0.1, 0.15) is 5.69 Å². The predicted octanol–water partition coefficient (Wildman–Crippen LogP) is 2.93. The number of anilines is 1. The average molecular weight is 282 g/mol. The molecule has 108 valence electrons. The van der Waals surface area contributed by atoms with Gasteiger partial charge >= 0.3 is 0 Å². The molecule has 2 rings (SSSR count). The van der Waals surface area contributed by atoms with Crippen molar-refractivity contribution >= 4 is 5.82 Å². The fourth-order valence-corrected chi connectivity index (χ4v) is 1.81. The molecule has 0 spiro atoms. The van der Waals surface area contributed by atoms with Gasteiger partial charge in [-0.25, -0.2) is 8.78 Å². The molecule has 0 saturated carbocycles. The van der Waals surface area contributed by atoms with E-state index in [4.69, 9.17) is 4.74 Å². The lowest BCUT2D eigenvalue weighted by Gasteiger charge is -2.09. The second-order valence-corrected chi connectivity index (χ2v) is 4.36. The van der Waals surface area contributed by atoms with Gasteiger partial charge in [0.05, 0.1) is 5.69 Å². The number of aromatic nitrogens is 3. The fourth-order valence-electron chi connectivity index (χ4n) is 1.81. The average Bonchev–Trinajstić information content (AvgIpc) is 2.61. The maximum absolute atomic E-state index is 13.7. The molecule has 0 amide bonds. The standard InChI is InChI=1S/C13H16F2N4O/c1-5-16-12-9(14)6-10(15)13(17-12)20-11-7(2)18-19(4)8(11)3/h6H,5H2,1-4H3,(H,16,17). The molecule has 0 unspecified atom stereocenters. The molecule has 0 aromatic carbocycles. The Labute approximate surface area is 115 Å². The van der Waals surface area contributed by atoms with Crippen molar-refractivity contribution in [2.75, 3.05) is 11.9 Å². The normalized spacial score (nSPS) is 10.7. The summed E-state index contributed by atoms with van der Waals surface area (Å²) in [5.74, 6) is -1.50. The summed E-state index contributed by atoms with van der Waals surface area (Å²) in [6, 6.07) is 0.751. The van der Waals surface area contributed by atoms with E-state index in [-0.39, 0.29) is 11.7 Å². The van der Waals surface area contributed by atoms with Crippen molar-refractivity contribution in [3.63, 3.8) is 0 Å². The van der Waals surface area contributed by atoms with E-state index >= 15 is 0 Å². The van der Waals surface area contributed by atoms with E-state index in [1.807, 2.05) is 0 Å². The van der Waals surface area contributed by atoms with Crippen LogP contribution < -0.4 is 10.1 Å². The van der Waals surface area contributed by atoms with Gasteiger partial charge in [-0.15, -0.1) is 0 Å². The minimum Gasteiger partial charge on any atom is -0.432 e. The van der Waals surface area contributed by atoms with Gasteiger partial charge in [0.2, 0.25) is 0 Å². The van der Waals surface area contributed by atoms with Crippen LogP contribution in [0.1, 0.15) is 18.3 Å². The predicted molar refractivity (Wildman–Crippen MR) is 71.1 cm³/mol. The van der Waals surface area contributed by atoms with Gasteiger partial charge in [-0.2, -0.15) is 10.1 Å². The SMILES string of the molecule is CCNc1nc(Oc2c(C)nn(C)c2C)c(F)cc1F. The van der Waals surface area contributed by atoms with E-state index in [0.29, 0.717) is 18.0 Å². The van der Waals surface area contributed by atoms with E-state index in [2.05, 4.69) is 15.4 Å². The van der Waals surface area contributed by atoms with Crippen LogP contribution in [0.5, 0.6) is 11.6 Å². The summed E-state index contributed by atoms with van der Waals surface area (Å²) in [7, 11) is 1.76. The molecule has 0 aliphatic heterocycles. The number of hydrogen-bond donors (Lipinski definition) is 1. The third-order valence-corrected chi connectivity index (χ3v) is 2.88. The first-order chi connectivity index (χ1) is 9.43. The lowest BCUT2D eigenvalue weighted by Crippen LogP contribution is -2.05. The number of hydrogen-bond acceptors (Lipinski definition) is 4. The van der Waals surface area contributed by atoms with E-state index in [0.717, 1.165) is 11.8 Å². The Hall–Kier alpha value is -2.18. The first-order valence-corrected chi connectivity index (χ1v) is 6.22. The minimum atomic E-state index is -0.855. The quantitative estimate of drug-likeness (QED) is 0.936. The van der Waals surface area contributed by atoms with Crippen molar-refractivity contribution in [3.8, 4) is 11.6 Å². The maximum Gasteiger partial charge on any atom is 0.258 e. The number of halogens is 2. The lowest BCUT2D eigenvalue weighted by molar-refractivity contribution is 0.413. The van der Waals surface area contributed by atoms with Crippen molar-refractivity contribution in [2.24, 2.45) is 7.05 Å². The van der Waals surface area contributed by atoms with Gasteiger partial charge in [0, 0.05) is 19.7 Å². The topological polar surface area (TPSA) is 52.0 Å². The van der Waals surface area contributed by atoms with Gasteiger partial charge in [0.25, 0.3) is 5.88 Å². The van der Waals surface area contributed by atoms with Crippen LogP contribution in [-0.4, -0.2) is 21.3 Å². The number of rotatable bonds is 4. The molecule has 0 aliphatic carbocycles. The zero-order valence-electron chi connectivity index (χ0n) is 11.8. The van der Waals surface area contributed by atoms with Gasteiger partial charge in [-0.05, 0) is 20.8 Å². The second-order valence-electron chi connectivity index (χ2n) is 4.36. The Morgan fingerprint density at radius 3 is 2.55 bits per heavy atom. The van der Waals surface area contributed by atoms with E-state index in [9.17, 15) is 8.78 Å². The molecule has 0 atom stereocenters. The van der Waals surface area contributed by atoms with E-state index in [1.165, 1.54) is 0 Å². The van der Waals surface area contributed by atoms with Crippen molar-refractivity contribution < 1.29 is 13.5 Å². The highest BCUT2D eigenvalue weighted by atomic mass is 19.1. The smallest absolute Gasteiger partial charge is 0.258 e. The summed E-state index contributed by atoms with van der Waals surface area (Å²) in [6.45, 7) is 5.80. The summed E-state index contributed by atoms with van der Waals surface area (Å²) < 4.78 is 34.3. The van der Waals surface area contributed by atoms with Gasteiger partial charge in [-0.1, -0.05) is 0 Å². The molecule has 2 aromatic rings. The van der Waals surface area contributed by atoms with Crippen LogP contribution in [0.4, 0.5) is 14.6 Å². The molecule has 0 bridgehead atoms. The van der Waals surface area contributed by atoms with Crippen molar-refractivity contribution in [1.82, 2.24) is 14.8 Å². The first-order valence-electron chi connectivity index (χ1n) is 6.22. The van der Waals surface area contributed by atoms with Crippen LogP contribution in [0.2, 0.25) is 0 Å². The molecule has 2 heterocycles. The third kappa shape index (κ3) is 2.56. The minimum absolute atomic E-state index is 0.0388. The summed E-state index contributed by atoms with van der Waals surface area (Å²) in [4.78, 5) is 3.83. The van der Waals surface area contributed by atoms with E-state index in [1.54, 1.807) is 32.5 Å². The second kappa shape index (κ2) is 5.44. The molecule has 0 aliphatic rings. The van der Waals surface area contributed by atoms with Crippen LogP contribution in [0, 0.1) is 25.5 Å². The van der Waals surface area contributed by atoms with Crippen LogP contribution in [0.15, 0.2) is 6.07 Å². The molecule has 0 radical (unpaired) electrons. The van der Waals surface area contributed by atoms with Crippen LogP contribution in [0.25, 0.3) is 0 Å². The third-order valence-electron chi connectivity index (χ3n) is 2.88. The number of nitrogens with zero attached hydrogens (tertiary/aromatic N) is 3. The Bertz CT molecular complexity index is 640. The van der Waals surface area contributed by atoms with Crippen molar-refractivity contribution in [3.05, 3.63) is 29.1 Å². The Balaban J connectivity index is 2.40. The first kappa shape index (κ1) is 14.2. The number of aryl methyl sites for hydroxylation is 2. The molecule has 20 heavy (non-hydrogen) atoms. The van der Waals surface area contributed by atoms with Gasteiger partial charge < -0.3 is 10.1 Å². The van der Waals surface area contributed by atoms with Crippen molar-refractivity contribution in [2.45, 2.75) is 20.8 Å². The molecule has 0 saturated heterocycles. The zero-order chi connectivity index (χ0) is 14.9. The zero-order valence-corrected chi connectivity index (χ0v) is 11.8. The Kier molecular flexibility index (Phi) is 3.87. The van der Waals surface area contributed by atoms with Crippen molar-refractivity contribution in [1.29, 1.82) is 0 Å². The molecular weight excluding hydrogens is 266 g/mol. The van der Waals surface area contributed by atoms with Crippen LogP contribution in [0.3, 0.4) is 0 Å². The summed E-state index contributed by atoms with van der Waals surface area (Å²) in [5, 5.41) is 6.87. The monoisotopic (exact) mass is 282 g/mol. The fraction of sp³-hybridized carbons (Fsp3) is 0.385. The molecule has 7 heteroatoms. The maximum atomic E-state index is 13.7. The highest BCUT2D eigenvalue weighted by molar-refractivity contribution is 5.42. The molecule has 5 nitrogen and oxygen atoms in total. The molecule has 1 N–H and O–H groups in total. The summed E-state index contributed by atoms with van der Waals surface area (Å²) >= 11 is 0. The number of nitrogens with one attached hydrogen (secondary N) is 1. The lowest BCUT2D eigenvalue weighted by atomic mass is 10.3. The Morgan fingerprint density at radius 2 is 2.00 bits per heavy atom. The van der Waals surface area contributed by atoms with Crippen LogP contribution in [-0.2, 0) is 7.05 Å². The molecular formula is C13H16F2N4O. The van der Waals surface area contributed by atoms with Gasteiger partial charge in [-0.3, -0.25) is 4.68 Å². The number of ether oxygens (including phenoxy) is 1.